The number of carbonyl (C=O) groups is 2. The molecule has 0 saturated carbocycles. The Hall–Kier alpha value is -1.14. The van der Waals surface area contributed by atoms with Gasteiger partial charge in [0.2, 0.25) is 11.8 Å². The van der Waals surface area contributed by atoms with Crippen molar-refractivity contribution in [2.45, 2.75) is 45.6 Å². The Labute approximate surface area is 145 Å². The predicted octanol–water partition coefficient (Wildman–Crippen LogP) is 1.11. The van der Waals surface area contributed by atoms with E-state index in [0.29, 0.717) is 24.8 Å². The molecule has 0 aliphatic carbocycles. The van der Waals surface area contributed by atoms with Crippen LogP contribution in [0.15, 0.2) is 0 Å². The molecule has 0 radical (unpaired) electrons. The summed E-state index contributed by atoms with van der Waals surface area (Å²) in [4.78, 5) is 29.0. The van der Waals surface area contributed by atoms with Crippen molar-refractivity contribution < 1.29 is 14.3 Å². The van der Waals surface area contributed by atoms with E-state index in [-0.39, 0.29) is 17.9 Å². The molecule has 1 atom stereocenters. The molecule has 2 aliphatic rings. The summed E-state index contributed by atoms with van der Waals surface area (Å²) >= 11 is 0. The van der Waals surface area contributed by atoms with Crippen molar-refractivity contribution in [1.82, 2.24) is 15.1 Å². The lowest BCUT2D eigenvalue weighted by Gasteiger charge is -2.37. The minimum absolute atomic E-state index is 0.00706. The predicted molar refractivity (Wildman–Crippen MR) is 93.6 cm³/mol. The van der Waals surface area contributed by atoms with E-state index in [1.807, 2.05) is 4.90 Å². The second-order valence-electron chi connectivity index (χ2n) is 7.51. The molecule has 0 spiro atoms. The van der Waals surface area contributed by atoms with E-state index < -0.39 is 0 Å². The Balaban J connectivity index is 1.86. The van der Waals surface area contributed by atoms with Gasteiger partial charge in [-0.05, 0) is 37.6 Å². The Kier molecular flexibility index (Phi) is 7.49. The van der Waals surface area contributed by atoms with Crippen LogP contribution in [0, 0.1) is 11.8 Å². The van der Waals surface area contributed by atoms with Crippen molar-refractivity contribution in [3.8, 4) is 0 Å². The minimum Gasteiger partial charge on any atom is -0.384 e. The number of carbonyl (C=O) groups excluding carboxylic acids is 2. The van der Waals surface area contributed by atoms with Crippen LogP contribution in [0.5, 0.6) is 0 Å². The molecule has 0 aromatic carbocycles. The van der Waals surface area contributed by atoms with Gasteiger partial charge >= 0.3 is 0 Å². The number of methoxy groups -OCH3 is 1. The number of hydrogen-bond donors (Lipinski definition) is 1. The van der Waals surface area contributed by atoms with Crippen LogP contribution in [0.3, 0.4) is 0 Å². The van der Waals surface area contributed by atoms with Gasteiger partial charge in [0.15, 0.2) is 0 Å². The molecular formula is C18H33N3O3. The standard InChI is InChI=1S/C18H33N3O3/c1-14(2)4-8-20-11-7-19-18(23)16(20)12-17(22)21-9-5-15(6-10-21)13-24-3/h14-16H,4-13H2,1-3H3,(H,19,23)/t16-/m0/s1. The molecule has 2 rings (SSSR count). The summed E-state index contributed by atoms with van der Waals surface area (Å²) in [5, 5.41) is 2.91. The number of ether oxygens (including phenoxy) is 1. The van der Waals surface area contributed by atoms with Gasteiger partial charge in [-0.25, -0.2) is 0 Å². The van der Waals surface area contributed by atoms with Crippen molar-refractivity contribution in [2.24, 2.45) is 11.8 Å². The SMILES string of the molecule is COCC1CCN(C(=O)C[C@H]2C(=O)NCCN2CCC(C)C)CC1. The molecule has 6 heteroatoms. The number of nitrogens with zero attached hydrogens (tertiary/aromatic N) is 2. The first kappa shape index (κ1) is 19.2. The third kappa shape index (κ3) is 5.45. The average Bonchev–Trinajstić information content (AvgIpc) is 2.56. The van der Waals surface area contributed by atoms with Crippen LogP contribution >= 0.6 is 0 Å². The summed E-state index contributed by atoms with van der Waals surface area (Å²) in [5.41, 5.74) is 0. The number of piperidine rings is 1. The molecule has 138 valence electrons. The van der Waals surface area contributed by atoms with Crippen molar-refractivity contribution in [1.29, 1.82) is 0 Å². The van der Waals surface area contributed by atoms with Gasteiger partial charge in [-0.1, -0.05) is 13.8 Å². The quantitative estimate of drug-likeness (QED) is 0.755. The number of amides is 2. The zero-order valence-electron chi connectivity index (χ0n) is 15.4. The first-order chi connectivity index (χ1) is 11.5. The second-order valence-corrected chi connectivity index (χ2v) is 7.51. The van der Waals surface area contributed by atoms with Gasteiger partial charge in [-0.3, -0.25) is 14.5 Å². The highest BCUT2D eigenvalue weighted by molar-refractivity contribution is 5.88. The van der Waals surface area contributed by atoms with E-state index in [4.69, 9.17) is 4.74 Å². The topological polar surface area (TPSA) is 61.9 Å². The Morgan fingerprint density at radius 2 is 2.00 bits per heavy atom. The fourth-order valence-electron chi connectivity index (χ4n) is 3.55. The molecule has 2 heterocycles. The van der Waals surface area contributed by atoms with E-state index in [0.717, 1.165) is 52.0 Å². The molecule has 0 aromatic rings. The van der Waals surface area contributed by atoms with E-state index in [1.165, 1.54) is 0 Å². The molecule has 2 fully saturated rings. The maximum atomic E-state index is 12.6. The highest BCUT2D eigenvalue weighted by atomic mass is 16.5. The molecule has 2 aliphatic heterocycles. The zero-order chi connectivity index (χ0) is 17.5. The maximum absolute atomic E-state index is 12.6. The Bertz CT molecular complexity index is 420. The molecule has 2 saturated heterocycles. The van der Waals surface area contributed by atoms with Crippen LogP contribution in [0.2, 0.25) is 0 Å². The van der Waals surface area contributed by atoms with Crippen LogP contribution in [0.25, 0.3) is 0 Å². The largest absolute Gasteiger partial charge is 0.384 e. The van der Waals surface area contributed by atoms with Crippen LogP contribution in [-0.4, -0.2) is 74.1 Å². The summed E-state index contributed by atoms with van der Waals surface area (Å²) in [6.07, 6.45) is 3.35. The number of piperazine rings is 1. The third-order valence-electron chi connectivity index (χ3n) is 5.17. The van der Waals surface area contributed by atoms with Crippen LogP contribution in [0.1, 0.15) is 39.5 Å². The maximum Gasteiger partial charge on any atom is 0.237 e. The monoisotopic (exact) mass is 339 g/mol. The fourth-order valence-corrected chi connectivity index (χ4v) is 3.55. The van der Waals surface area contributed by atoms with Gasteiger partial charge in [0.25, 0.3) is 0 Å². The third-order valence-corrected chi connectivity index (χ3v) is 5.17. The number of nitrogens with one attached hydrogen (secondary N) is 1. The first-order valence-electron chi connectivity index (χ1n) is 9.29. The molecule has 6 nitrogen and oxygen atoms in total. The van der Waals surface area contributed by atoms with Crippen molar-refractivity contribution in [3.63, 3.8) is 0 Å². The fraction of sp³-hybridized carbons (Fsp3) is 0.889. The van der Waals surface area contributed by atoms with Gasteiger partial charge in [0.05, 0.1) is 12.5 Å². The summed E-state index contributed by atoms with van der Waals surface area (Å²) in [6, 6.07) is -0.304. The molecule has 2 amide bonds. The molecule has 0 unspecified atom stereocenters. The molecular weight excluding hydrogens is 306 g/mol. The summed E-state index contributed by atoms with van der Waals surface area (Å²) in [7, 11) is 1.73. The number of rotatable bonds is 7. The van der Waals surface area contributed by atoms with Crippen LogP contribution in [0.4, 0.5) is 0 Å². The lowest BCUT2D eigenvalue weighted by Crippen LogP contribution is -2.57. The van der Waals surface area contributed by atoms with Gasteiger partial charge in [0.1, 0.15) is 0 Å². The summed E-state index contributed by atoms with van der Waals surface area (Å²) in [6.45, 7) is 9.13. The highest BCUT2D eigenvalue weighted by Gasteiger charge is 2.33. The molecule has 24 heavy (non-hydrogen) atoms. The Morgan fingerprint density at radius 3 is 2.62 bits per heavy atom. The Morgan fingerprint density at radius 1 is 1.29 bits per heavy atom. The summed E-state index contributed by atoms with van der Waals surface area (Å²) in [5.74, 6) is 1.28. The van der Waals surface area contributed by atoms with Gasteiger partial charge in [-0.15, -0.1) is 0 Å². The van der Waals surface area contributed by atoms with Crippen molar-refractivity contribution in [3.05, 3.63) is 0 Å². The minimum atomic E-state index is -0.304. The number of hydrogen-bond acceptors (Lipinski definition) is 4. The van der Waals surface area contributed by atoms with Crippen LogP contribution < -0.4 is 5.32 Å². The van der Waals surface area contributed by atoms with E-state index in [1.54, 1.807) is 7.11 Å². The molecule has 1 N–H and O–H groups in total. The van der Waals surface area contributed by atoms with Crippen molar-refractivity contribution >= 4 is 11.8 Å². The van der Waals surface area contributed by atoms with Gasteiger partial charge in [-0.2, -0.15) is 0 Å². The van der Waals surface area contributed by atoms with E-state index in [2.05, 4.69) is 24.1 Å². The lowest BCUT2D eigenvalue weighted by molar-refractivity contribution is -0.140. The zero-order valence-corrected chi connectivity index (χ0v) is 15.4. The molecule has 0 aromatic heterocycles. The average molecular weight is 339 g/mol. The normalized spacial score (nSPS) is 23.6. The highest BCUT2D eigenvalue weighted by Crippen LogP contribution is 2.20. The second kappa shape index (κ2) is 9.37. The smallest absolute Gasteiger partial charge is 0.237 e. The lowest BCUT2D eigenvalue weighted by atomic mass is 9.97. The van der Waals surface area contributed by atoms with Crippen molar-refractivity contribution in [2.75, 3.05) is 46.4 Å². The van der Waals surface area contributed by atoms with Crippen LogP contribution in [-0.2, 0) is 14.3 Å². The first-order valence-corrected chi connectivity index (χ1v) is 9.29. The van der Waals surface area contributed by atoms with Gasteiger partial charge in [0, 0.05) is 39.9 Å². The van der Waals surface area contributed by atoms with E-state index >= 15 is 0 Å². The van der Waals surface area contributed by atoms with Gasteiger partial charge < -0.3 is 15.0 Å². The summed E-state index contributed by atoms with van der Waals surface area (Å²) < 4.78 is 5.21. The number of likely N-dealkylation sites (tertiary alicyclic amines) is 1. The molecule has 0 bridgehead atoms. The van der Waals surface area contributed by atoms with E-state index in [9.17, 15) is 9.59 Å².